The predicted octanol–water partition coefficient (Wildman–Crippen LogP) is 3.84. The van der Waals surface area contributed by atoms with Crippen LogP contribution in [0.4, 0.5) is 0 Å². The van der Waals surface area contributed by atoms with Crippen LogP contribution in [0, 0.1) is 0 Å². The topological polar surface area (TPSA) is 56.4 Å². The lowest BCUT2D eigenvalue weighted by Crippen LogP contribution is -2.51. The number of aromatic nitrogens is 1. The van der Waals surface area contributed by atoms with Crippen molar-refractivity contribution in [1.82, 2.24) is 14.8 Å². The van der Waals surface area contributed by atoms with Gasteiger partial charge in [-0.25, -0.2) is 0 Å². The average molecular weight is 414 g/mol. The van der Waals surface area contributed by atoms with E-state index in [1.54, 1.807) is 0 Å². The van der Waals surface area contributed by atoms with Gasteiger partial charge in [0, 0.05) is 54.9 Å². The van der Waals surface area contributed by atoms with Crippen LogP contribution in [-0.2, 0) is 16.0 Å². The number of nitrogens with zero attached hydrogens (tertiary/aromatic N) is 2. The molecule has 2 aromatic rings. The van der Waals surface area contributed by atoms with Gasteiger partial charge in [0.25, 0.3) is 0 Å². The summed E-state index contributed by atoms with van der Waals surface area (Å²) in [4.78, 5) is 32.2. The van der Waals surface area contributed by atoms with Crippen LogP contribution < -0.4 is 0 Å². The van der Waals surface area contributed by atoms with Crippen molar-refractivity contribution in [3.8, 4) is 0 Å². The molecule has 5 nitrogen and oxygen atoms in total. The lowest BCUT2D eigenvalue weighted by molar-refractivity contribution is -0.138. The van der Waals surface area contributed by atoms with Crippen LogP contribution in [-0.4, -0.2) is 63.8 Å². The molecule has 29 heavy (non-hydrogen) atoms. The van der Waals surface area contributed by atoms with Crippen molar-refractivity contribution in [1.29, 1.82) is 0 Å². The fourth-order valence-corrected chi connectivity index (χ4v) is 5.69. The lowest BCUT2D eigenvalue weighted by Gasteiger charge is -2.35. The third-order valence-corrected chi connectivity index (χ3v) is 7.60. The third-order valence-electron chi connectivity index (χ3n) is 6.24. The van der Waals surface area contributed by atoms with E-state index < -0.39 is 0 Å². The molecule has 1 aromatic heterocycles. The van der Waals surface area contributed by atoms with E-state index in [1.165, 1.54) is 36.6 Å². The fraction of sp³-hybridized carbons (Fsp3) is 0.565. The lowest BCUT2D eigenvalue weighted by atomic mass is 10.1. The first-order valence-corrected chi connectivity index (χ1v) is 12.0. The summed E-state index contributed by atoms with van der Waals surface area (Å²) in [7, 11) is 0. The molecule has 0 atom stereocenters. The molecule has 1 aliphatic heterocycles. The summed E-state index contributed by atoms with van der Waals surface area (Å²) < 4.78 is 0. The molecule has 2 fully saturated rings. The molecule has 1 N–H and O–H groups in total. The Bertz CT molecular complexity index is 836. The molecule has 2 aliphatic rings. The Hall–Kier alpha value is -1.95. The SMILES string of the molecule is O=C(CCCc1c[nH]c2ccccc12)N1CCN(C(=O)CSC2CCCC2)CC1. The summed E-state index contributed by atoms with van der Waals surface area (Å²) in [5.74, 6) is 1.06. The minimum atomic E-state index is 0.220. The molecule has 0 spiro atoms. The Morgan fingerprint density at radius 2 is 1.69 bits per heavy atom. The van der Waals surface area contributed by atoms with Crippen LogP contribution in [0.2, 0.25) is 0 Å². The minimum Gasteiger partial charge on any atom is -0.361 e. The van der Waals surface area contributed by atoms with Crippen molar-refractivity contribution in [2.24, 2.45) is 0 Å². The molecular formula is C23H31N3O2S. The van der Waals surface area contributed by atoms with Crippen molar-refractivity contribution < 1.29 is 9.59 Å². The Labute approximate surface area is 177 Å². The zero-order valence-electron chi connectivity index (χ0n) is 17.1. The third kappa shape index (κ3) is 5.16. The van der Waals surface area contributed by atoms with Gasteiger partial charge in [-0.15, -0.1) is 11.8 Å². The van der Waals surface area contributed by atoms with Crippen molar-refractivity contribution in [3.63, 3.8) is 0 Å². The summed E-state index contributed by atoms with van der Waals surface area (Å²) in [5, 5.41) is 1.93. The van der Waals surface area contributed by atoms with Crippen LogP contribution in [0.5, 0.6) is 0 Å². The first-order chi connectivity index (χ1) is 14.2. The van der Waals surface area contributed by atoms with E-state index in [1.807, 2.05) is 27.6 Å². The molecule has 156 valence electrons. The number of H-pyrrole nitrogens is 1. The van der Waals surface area contributed by atoms with Crippen LogP contribution in [0.1, 0.15) is 44.1 Å². The summed E-state index contributed by atoms with van der Waals surface area (Å²) in [6, 6.07) is 8.29. The molecule has 4 rings (SSSR count). The van der Waals surface area contributed by atoms with Crippen molar-refractivity contribution in [2.75, 3.05) is 31.9 Å². The number of carbonyl (C=O) groups is 2. The number of rotatable bonds is 7. The van der Waals surface area contributed by atoms with Crippen LogP contribution in [0.15, 0.2) is 30.5 Å². The van der Waals surface area contributed by atoms with Crippen molar-refractivity contribution in [2.45, 2.75) is 50.2 Å². The van der Waals surface area contributed by atoms with Gasteiger partial charge >= 0.3 is 0 Å². The first kappa shape index (κ1) is 20.3. The molecule has 2 amide bonds. The Kier molecular flexibility index (Phi) is 6.80. The second kappa shape index (κ2) is 9.70. The quantitative estimate of drug-likeness (QED) is 0.750. The van der Waals surface area contributed by atoms with Crippen LogP contribution >= 0.6 is 11.8 Å². The number of aromatic amines is 1. The highest BCUT2D eigenvalue weighted by atomic mass is 32.2. The number of thioether (sulfide) groups is 1. The van der Waals surface area contributed by atoms with E-state index in [9.17, 15) is 9.59 Å². The summed E-state index contributed by atoms with van der Waals surface area (Å²) in [5.41, 5.74) is 2.43. The number of carbonyl (C=O) groups excluding carboxylic acids is 2. The maximum atomic E-state index is 12.6. The monoisotopic (exact) mass is 413 g/mol. The first-order valence-electron chi connectivity index (χ1n) is 10.9. The van der Waals surface area contributed by atoms with Crippen LogP contribution in [0.3, 0.4) is 0 Å². The van der Waals surface area contributed by atoms with Gasteiger partial charge in [0.1, 0.15) is 0 Å². The van der Waals surface area contributed by atoms with Gasteiger partial charge in [-0.1, -0.05) is 31.0 Å². The predicted molar refractivity (Wildman–Crippen MR) is 119 cm³/mol. The molecule has 0 unspecified atom stereocenters. The van der Waals surface area contributed by atoms with Gasteiger partial charge in [-0.2, -0.15) is 0 Å². The molecule has 0 bridgehead atoms. The number of fused-ring (bicyclic) bond motifs is 1. The normalized spacial score (nSPS) is 17.9. The molecular weight excluding hydrogens is 382 g/mol. The number of hydrogen-bond donors (Lipinski definition) is 1. The van der Waals surface area contributed by atoms with E-state index in [0.29, 0.717) is 43.6 Å². The molecule has 1 aromatic carbocycles. The number of hydrogen-bond acceptors (Lipinski definition) is 3. The molecule has 6 heteroatoms. The molecule has 1 saturated heterocycles. The van der Waals surface area contributed by atoms with Gasteiger partial charge in [-0.05, 0) is 37.3 Å². The smallest absolute Gasteiger partial charge is 0.232 e. The number of benzene rings is 1. The molecule has 1 saturated carbocycles. The molecule has 1 aliphatic carbocycles. The summed E-state index contributed by atoms with van der Waals surface area (Å²) in [6.07, 6.45) is 9.55. The molecule has 0 radical (unpaired) electrons. The van der Waals surface area contributed by atoms with E-state index in [-0.39, 0.29) is 11.8 Å². The van der Waals surface area contributed by atoms with Crippen molar-refractivity contribution >= 4 is 34.5 Å². The highest BCUT2D eigenvalue weighted by molar-refractivity contribution is 8.00. The van der Waals surface area contributed by atoms with Gasteiger partial charge in [-0.3, -0.25) is 9.59 Å². The Balaban J connectivity index is 1.16. The number of piperazine rings is 1. The maximum absolute atomic E-state index is 12.6. The summed E-state index contributed by atoms with van der Waals surface area (Å²) >= 11 is 1.83. The number of nitrogens with one attached hydrogen (secondary N) is 1. The number of aryl methyl sites for hydroxylation is 1. The second-order valence-corrected chi connectivity index (χ2v) is 9.48. The van der Waals surface area contributed by atoms with Gasteiger partial charge in [0.05, 0.1) is 5.75 Å². The van der Waals surface area contributed by atoms with E-state index in [4.69, 9.17) is 0 Å². The highest BCUT2D eigenvalue weighted by Gasteiger charge is 2.25. The Morgan fingerprint density at radius 3 is 2.45 bits per heavy atom. The van der Waals surface area contributed by atoms with Gasteiger partial charge in [0.2, 0.25) is 11.8 Å². The maximum Gasteiger partial charge on any atom is 0.232 e. The van der Waals surface area contributed by atoms with E-state index in [2.05, 4.69) is 29.4 Å². The van der Waals surface area contributed by atoms with E-state index >= 15 is 0 Å². The standard InChI is InChI=1S/C23H31N3O2S/c27-22(11-5-6-18-16-24-21-10-4-3-9-20(18)21)25-12-14-26(15-13-25)23(28)17-29-19-7-1-2-8-19/h3-4,9-10,16,19,24H,1-2,5-8,11-15,17H2. The zero-order chi connectivity index (χ0) is 20.1. The summed E-state index contributed by atoms with van der Waals surface area (Å²) in [6.45, 7) is 2.70. The zero-order valence-corrected chi connectivity index (χ0v) is 17.9. The fourth-order valence-electron chi connectivity index (χ4n) is 4.47. The van der Waals surface area contributed by atoms with Gasteiger partial charge < -0.3 is 14.8 Å². The average Bonchev–Trinajstić information content (AvgIpc) is 3.42. The van der Waals surface area contributed by atoms with Crippen molar-refractivity contribution in [3.05, 3.63) is 36.0 Å². The highest BCUT2D eigenvalue weighted by Crippen LogP contribution is 2.29. The van der Waals surface area contributed by atoms with Gasteiger partial charge in [0.15, 0.2) is 0 Å². The minimum absolute atomic E-state index is 0.220. The second-order valence-electron chi connectivity index (χ2n) is 8.19. The number of para-hydroxylation sites is 1. The largest absolute Gasteiger partial charge is 0.361 e. The Morgan fingerprint density at radius 1 is 1.00 bits per heavy atom. The van der Waals surface area contributed by atoms with E-state index in [0.717, 1.165) is 18.4 Å². The number of amides is 2. The molecule has 2 heterocycles. The van der Waals surface area contributed by atoms with Crippen LogP contribution in [0.25, 0.3) is 10.9 Å².